The van der Waals surface area contributed by atoms with Gasteiger partial charge in [0.25, 0.3) is 5.91 Å². The molecule has 0 aliphatic heterocycles. The summed E-state index contributed by atoms with van der Waals surface area (Å²) in [5.74, 6) is 5.52. The first kappa shape index (κ1) is 13.8. The van der Waals surface area contributed by atoms with Gasteiger partial charge in [-0.25, -0.2) is 0 Å². The maximum Gasteiger partial charge on any atom is 0.274 e. The van der Waals surface area contributed by atoms with Crippen LogP contribution in [0.1, 0.15) is 22.5 Å². The van der Waals surface area contributed by atoms with Gasteiger partial charge in [-0.05, 0) is 36.4 Å². The smallest absolute Gasteiger partial charge is 0.274 e. The topological polar surface area (TPSA) is 62.2 Å². The maximum absolute atomic E-state index is 11.9. The van der Waals surface area contributed by atoms with E-state index in [1.54, 1.807) is 36.5 Å². The summed E-state index contributed by atoms with van der Waals surface area (Å²) in [4.78, 5) is 15.9. The Balaban J connectivity index is 2.01. The Labute approximate surface area is 117 Å². The van der Waals surface area contributed by atoms with Gasteiger partial charge in [-0.1, -0.05) is 17.9 Å². The molecule has 0 atom stereocenters. The van der Waals surface area contributed by atoms with Crippen LogP contribution >= 0.6 is 0 Å². The molecule has 0 fully saturated rings. The van der Waals surface area contributed by atoms with E-state index >= 15 is 0 Å². The zero-order valence-corrected chi connectivity index (χ0v) is 10.8. The van der Waals surface area contributed by atoms with Gasteiger partial charge < -0.3 is 10.4 Å². The van der Waals surface area contributed by atoms with Crippen molar-refractivity contribution in [2.75, 3.05) is 11.9 Å². The molecule has 0 saturated carbocycles. The number of benzene rings is 1. The van der Waals surface area contributed by atoms with Crippen molar-refractivity contribution in [3.05, 3.63) is 59.9 Å². The normalized spacial score (nSPS) is 9.45. The summed E-state index contributed by atoms with van der Waals surface area (Å²) < 4.78 is 0. The van der Waals surface area contributed by atoms with E-state index in [4.69, 9.17) is 5.11 Å². The molecule has 4 nitrogen and oxygen atoms in total. The SMILES string of the molecule is O=C(Nc1ccc(C#CCCO)cc1)c1ccccn1. The molecule has 1 aromatic heterocycles. The second kappa shape index (κ2) is 7.07. The number of nitrogens with zero attached hydrogens (tertiary/aromatic N) is 1. The summed E-state index contributed by atoms with van der Waals surface area (Å²) in [7, 11) is 0. The Morgan fingerprint density at radius 1 is 1.20 bits per heavy atom. The Morgan fingerprint density at radius 2 is 2.00 bits per heavy atom. The lowest BCUT2D eigenvalue weighted by atomic mass is 10.2. The fourth-order valence-electron chi connectivity index (χ4n) is 1.55. The quantitative estimate of drug-likeness (QED) is 0.836. The molecular formula is C16H14N2O2. The number of anilines is 1. The predicted octanol–water partition coefficient (Wildman–Crippen LogP) is 2.07. The molecule has 0 saturated heterocycles. The van der Waals surface area contributed by atoms with Gasteiger partial charge in [0.15, 0.2) is 0 Å². The van der Waals surface area contributed by atoms with Crippen LogP contribution < -0.4 is 5.32 Å². The van der Waals surface area contributed by atoms with Crippen molar-refractivity contribution in [1.29, 1.82) is 0 Å². The second-order valence-electron chi connectivity index (χ2n) is 4.02. The molecule has 2 N–H and O–H groups in total. The third kappa shape index (κ3) is 3.94. The van der Waals surface area contributed by atoms with E-state index in [0.29, 0.717) is 17.8 Å². The highest BCUT2D eigenvalue weighted by molar-refractivity contribution is 6.02. The van der Waals surface area contributed by atoms with Gasteiger partial charge in [0, 0.05) is 23.9 Å². The summed E-state index contributed by atoms with van der Waals surface area (Å²) >= 11 is 0. The molecule has 100 valence electrons. The number of hydrogen-bond acceptors (Lipinski definition) is 3. The first-order valence-corrected chi connectivity index (χ1v) is 6.22. The molecule has 0 aliphatic rings. The standard InChI is InChI=1S/C16H14N2O2/c19-12-4-2-5-13-7-9-14(10-8-13)18-16(20)15-6-1-3-11-17-15/h1,3,6-11,19H,4,12H2,(H,18,20). The van der Waals surface area contributed by atoms with Crippen molar-refractivity contribution in [2.24, 2.45) is 0 Å². The molecule has 0 bridgehead atoms. The summed E-state index contributed by atoms with van der Waals surface area (Å²) in [6.45, 7) is 0.0607. The molecule has 20 heavy (non-hydrogen) atoms. The fraction of sp³-hybridized carbons (Fsp3) is 0.125. The highest BCUT2D eigenvalue weighted by atomic mass is 16.2. The molecule has 2 rings (SSSR count). The molecule has 0 unspecified atom stereocenters. The number of aliphatic hydroxyl groups is 1. The van der Waals surface area contributed by atoms with Crippen molar-refractivity contribution in [3.8, 4) is 11.8 Å². The Morgan fingerprint density at radius 3 is 2.65 bits per heavy atom. The highest BCUT2D eigenvalue weighted by Gasteiger charge is 2.05. The van der Waals surface area contributed by atoms with Crippen molar-refractivity contribution >= 4 is 11.6 Å². The number of nitrogens with one attached hydrogen (secondary N) is 1. The van der Waals surface area contributed by atoms with E-state index in [1.807, 2.05) is 12.1 Å². The van der Waals surface area contributed by atoms with Gasteiger partial charge in [0.05, 0.1) is 6.61 Å². The van der Waals surface area contributed by atoms with Crippen LogP contribution in [0.4, 0.5) is 5.69 Å². The Hall–Kier alpha value is -2.64. The number of aromatic nitrogens is 1. The molecule has 0 aliphatic carbocycles. The highest BCUT2D eigenvalue weighted by Crippen LogP contribution is 2.10. The third-order valence-corrected chi connectivity index (χ3v) is 2.51. The van der Waals surface area contributed by atoms with E-state index in [-0.39, 0.29) is 12.5 Å². The van der Waals surface area contributed by atoms with Crippen LogP contribution in [0.15, 0.2) is 48.7 Å². The summed E-state index contributed by atoms with van der Waals surface area (Å²) in [5, 5.41) is 11.4. The molecule has 1 amide bonds. The van der Waals surface area contributed by atoms with E-state index in [2.05, 4.69) is 22.1 Å². The van der Waals surface area contributed by atoms with Crippen molar-refractivity contribution in [3.63, 3.8) is 0 Å². The predicted molar refractivity (Wildman–Crippen MR) is 77.2 cm³/mol. The van der Waals surface area contributed by atoms with Crippen molar-refractivity contribution < 1.29 is 9.90 Å². The zero-order chi connectivity index (χ0) is 14.2. The first-order chi connectivity index (χ1) is 9.79. The molecule has 4 heteroatoms. The lowest BCUT2D eigenvalue weighted by Crippen LogP contribution is -2.13. The van der Waals surface area contributed by atoms with Crippen LogP contribution in [0, 0.1) is 11.8 Å². The number of aliphatic hydroxyl groups excluding tert-OH is 1. The van der Waals surface area contributed by atoms with Crippen LogP contribution in [-0.2, 0) is 0 Å². The van der Waals surface area contributed by atoms with E-state index in [1.165, 1.54) is 0 Å². The first-order valence-electron chi connectivity index (χ1n) is 6.22. The Bertz CT molecular complexity index is 625. The lowest BCUT2D eigenvalue weighted by molar-refractivity contribution is 0.102. The maximum atomic E-state index is 11.9. The van der Waals surface area contributed by atoms with Crippen LogP contribution in [0.5, 0.6) is 0 Å². The van der Waals surface area contributed by atoms with E-state index in [9.17, 15) is 4.79 Å². The number of carbonyl (C=O) groups excluding carboxylic acids is 1. The molecule has 1 aromatic carbocycles. The molecular weight excluding hydrogens is 252 g/mol. The van der Waals surface area contributed by atoms with Gasteiger partial charge in [0.2, 0.25) is 0 Å². The lowest BCUT2D eigenvalue weighted by Gasteiger charge is -2.04. The third-order valence-electron chi connectivity index (χ3n) is 2.51. The zero-order valence-electron chi connectivity index (χ0n) is 10.8. The van der Waals surface area contributed by atoms with Crippen LogP contribution in [0.3, 0.4) is 0 Å². The van der Waals surface area contributed by atoms with Crippen LogP contribution in [0.25, 0.3) is 0 Å². The molecule has 1 heterocycles. The van der Waals surface area contributed by atoms with Crippen molar-refractivity contribution in [1.82, 2.24) is 4.98 Å². The Kier molecular flexibility index (Phi) is 4.87. The molecule has 0 spiro atoms. The minimum atomic E-state index is -0.246. The molecule has 2 aromatic rings. The van der Waals surface area contributed by atoms with Gasteiger partial charge in [0.1, 0.15) is 5.69 Å². The summed E-state index contributed by atoms with van der Waals surface area (Å²) in [5.41, 5.74) is 1.90. The largest absolute Gasteiger partial charge is 0.395 e. The van der Waals surface area contributed by atoms with Crippen LogP contribution in [-0.4, -0.2) is 22.6 Å². The van der Waals surface area contributed by atoms with E-state index in [0.717, 1.165) is 5.56 Å². The number of rotatable bonds is 3. The average Bonchev–Trinajstić information content (AvgIpc) is 2.50. The average molecular weight is 266 g/mol. The summed E-state index contributed by atoms with van der Waals surface area (Å²) in [6.07, 6.45) is 2.03. The van der Waals surface area contributed by atoms with Gasteiger partial charge in [-0.3, -0.25) is 9.78 Å². The van der Waals surface area contributed by atoms with Crippen LogP contribution in [0.2, 0.25) is 0 Å². The summed E-state index contributed by atoms with van der Waals surface area (Å²) in [6, 6.07) is 12.4. The fourth-order valence-corrected chi connectivity index (χ4v) is 1.55. The minimum absolute atomic E-state index is 0.0607. The number of hydrogen-bond donors (Lipinski definition) is 2. The number of carbonyl (C=O) groups is 1. The van der Waals surface area contributed by atoms with Gasteiger partial charge in [-0.2, -0.15) is 0 Å². The second-order valence-corrected chi connectivity index (χ2v) is 4.02. The molecule has 0 radical (unpaired) electrons. The van der Waals surface area contributed by atoms with E-state index < -0.39 is 0 Å². The minimum Gasteiger partial charge on any atom is -0.395 e. The van der Waals surface area contributed by atoms with Gasteiger partial charge in [-0.15, -0.1) is 0 Å². The number of amides is 1. The monoisotopic (exact) mass is 266 g/mol. The van der Waals surface area contributed by atoms with Gasteiger partial charge >= 0.3 is 0 Å². The number of pyridine rings is 1. The van der Waals surface area contributed by atoms with Crippen molar-refractivity contribution in [2.45, 2.75) is 6.42 Å².